The number of halogens is 2. The van der Waals surface area contributed by atoms with Gasteiger partial charge < -0.3 is 14.8 Å². The summed E-state index contributed by atoms with van der Waals surface area (Å²) in [6, 6.07) is 18.1. The third-order valence-electron chi connectivity index (χ3n) is 6.19. The maximum absolute atomic E-state index is 13.4. The number of fused-ring (bicyclic) bond motifs is 1. The Labute approximate surface area is 211 Å². The zero-order chi connectivity index (χ0) is 24.9. The number of hydrogen-bond donors (Lipinski definition) is 2. The summed E-state index contributed by atoms with van der Waals surface area (Å²) in [4.78, 5) is 31.6. The quantitative estimate of drug-likeness (QED) is 0.190. The zero-order valence-electron chi connectivity index (χ0n) is 18.8. The van der Waals surface area contributed by atoms with Crippen molar-refractivity contribution in [3.8, 4) is 5.75 Å². The van der Waals surface area contributed by atoms with Crippen molar-refractivity contribution >= 4 is 57.2 Å². The van der Waals surface area contributed by atoms with Crippen molar-refractivity contribution in [2.24, 2.45) is 0 Å². The fourth-order valence-corrected chi connectivity index (χ4v) is 4.98. The summed E-state index contributed by atoms with van der Waals surface area (Å²) in [6.45, 7) is 1.88. The van der Waals surface area contributed by atoms with Crippen LogP contribution in [0.3, 0.4) is 0 Å². The number of rotatable bonds is 4. The second-order valence-electron chi connectivity index (χ2n) is 8.20. The summed E-state index contributed by atoms with van der Waals surface area (Å²) < 4.78 is 5.20. The Kier molecular flexibility index (Phi) is 5.79. The number of anilines is 1. The van der Waals surface area contributed by atoms with Crippen molar-refractivity contribution < 1.29 is 19.4 Å². The van der Waals surface area contributed by atoms with Crippen LogP contribution in [0.4, 0.5) is 5.69 Å². The summed E-state index contributed by atoms with van der Waals surface area (Å²) in [5, 5.41) is 13.0. The number of aliphatic hydroxyl groups excluding tert-OH is 1. The molecule has 1 aliphatic rings. The van der Waals surface area contributed by atoms with Gasteiger partial charge in [-0.15, -0.1) is 0 Å². The Bertz CT molecular complexity index is 1520. The molecule has 1 aliphatic heterocycles. The van der Waals surface area contributed by atoms with Crippen LogP contribution in [-0.2, 0) is 9.59 Å². The molecule has 0 spiro atoms. The molecule has 1 saturated heterocycles. The number of methoxy groups -OCH3 is 1. The maximum atomic E-state index is 13.4. The second-order valence-corrected chi connectivity index (χ2v) is 9.05. The topological polar surface area (TPSA) is 82.6 Å². The van der Waals surface area contributed by atoms with Crippen LogP contribution in [-0.4, -0.2) is 28.9 Å². The van der Waals surface area contributed by atoms with E-state index in [0.29, 0.717) is 22.0 Å². The normalized spacial score (nSPS) is 17.4. The molecule has 5 rings (SSSR count). The van der Waals surface area contributed by atoms with Gasteiger partial charge >= 0.3 is 0 Å². The van der Waals surface area contributed by atoms with E-state index in [1.54, 1.807) is 36.4 Å². The molecule has 35 heavy (non-hydrogen) atoms. The molecule has 0 radical (unpaired) electrons. The molecular formula is C27H20Cl2N2O4. The highest BCUT2D eigenvalue weighted by Crippen LogP contribution is 2.46. The highest BCUT2D eigenvalue weighted by Gasteiger charge is 2.48. The summed E-state index contributed by atoms with van der Waals surface area (Å²) in [7, 11) is 1.48. The Morgan fingerprint density at radius 1 is 1.03 bits per heavy atom. The number of para-hydroxylation sites is 1. The predicted octanol–water partition coefficient (Wildman–Crippen LogP) is 6.42. The van der Waals surface area contributed by atoms with Crippen molar-refractivity contribution in [3.63, 3.8) is 0 Å². The van der Waals surface area contributed by atoms with Crippen LogP contribution < -0.4 is 9.64 Å². The predicted molar refractivity (Wildman–Crippen MR) is 137 cm³/mol. The molecule has 176 valence electrons. The van der Waals surface area contributed by atoms with Gasteiger partial charge in [0.1, 0.15) is 11.5 Å². The number of carbonyl (C=O) groups excluding carboxylic acids is 2. The summed E-state index contributed by atoms with van der Waals surface area (Å²) >= 11 is 12.4. The van der Waals surface area contributed by atoms with Crippen molar-refractivity contribution in [3.05, 3.63) is 99.2 Å². The van der Waals surface area contributed by atoms with E-state index in [1.807, 2.05) is 31.2 Å². The number of Topliss-reactive ketones (excluding diaryl/α,β-unsaturated/α-hetero) is 1. The number of carbonyl (C=O) groups is 2. The Morgan fingerprint density at radius 2 is 1.74 bits per heavy atom. The number of nitrogens with one attached hydrogen (secondary N) is 1. The number of hydrogen-bond acceptors (Lipinski definition) is 4. The van der Waals surface area contributed by atoms with Crippen LogP contribution >= 0.6 is 23.2 Å². The SMILES string of the molecule is COc1ccc(/C(O)=C2\C(=O)C(=O)N(c3ccc(Cl)cc3)C2c2c(C)[nH]c3ccccc23)cc1Cl. The monoisotopic (exact) mass is 506 g/mol. The molecule has 0 bridgehead atoms. The molecule has 1 fully saturated rings. The molecule has 1 atom stereocenters. The Balaban J connectivity index is 1.80. The van der Waals surface area contributed by atoms with E-state index in [-0.39, 0.29) is 16.4 Å². The molecule has 1 aromatic heterocycles. The lowest BCUT2D eigenvalue weighted by Gasteiger charge is -2.26. The minimum Gasteiger partial charge on any atom is -0.507 e. The van der Waals surface area contributed by atoms with Crippen LogP contribution in [0.25, 0.3) is 16.7 Å². The first-order valence-electron chi connectivity index (χ1n) is 10.8. The van der Waals surface area contributed by atoms with E-state index in [0.717, 1.165) is 22.2 Å². The average Bonchev–Trinajstić information content (AvgIpc) is 3.31. The van der Waals surface area contributed by atoms with Crippen LogP contribution in [0.2, 0.25) is 10.0 Å². The van der Waals surface area contributed by atoms with Gasteiger partial charge in [-0.05, 0) is 55.5 Å². The van der Waals surface area contributed by atoms with Crippen molar-refractivity contribution in [2.45, 2.75) is 13.0 Å². The van der Waals surface area contributed by atoms with Gasteiger partial charge in [-0.25, -0.2) is 0 Å². The number of ether oxygens (including phenoxy) is 1. The van der Waals surface area contributed by atoms with Crippen LogP contribution in [0, 0.1) is 6.92 Å². The van der Waals surface area contributed by atoms with Crippen molar-refractivity contribution in [1.82, 2.24) is 4.98 Å². The lowest BCUT2D eigenvalue weighted by atomic mass is 9.93. The molecule has 0 aliphatic carbocycles. The Hall–Kier alpha value is -3.74. The minimum absolute atomic E-state index is 0.0287. The van der Waals surface area contributed by atoms with Crippen molar-refractivity contribution in [2.75, 3.05) is 12.0 Å². The first-order valence-corrected chi connectivity index (χ1v) is 11.5. The fourth-order valence-electron chi connectivity index (χ4n) is 4.59. The van der Waals surface area contributed by atoms with Gasteiger partial charge in [0, 0.05) is 38.4 Å². The van der Waals surface area contributed by atoms with E-state index in [9.17, 15) is 14.7 Å². The molecule has 3 aromatic carbocycles. The van der Waals surface area contributed by atoms with Gasteiger partial charge in [0.2, 0.25) is 0 Å². The van der Waals surface area contributed by atoms with Crippen LogP contribution in [0.5, 0.6) is 5.75 Å². The molecule has 2 heterocycles. The number of aliphatic hydroxyl groups is 1. The standard InChI is InChI=1S/C27H20Cl2N2O4/c1-14-22(18-5-3-4-6-20(18)30-14)24-23(25(32)15-7-12-21(35-2)19(29)13-15)26(33)27(34)31(24)17-10-8-16(28)9-11-17/h3-13,24,30,32H,1-2H3/b25-23+. The highest BCUT2D eigenvalue weighted by atomic mass is 35.5. The first kappa shape index (κ1) is 23.0. The summed E-state index contributed by atoms with van der Waals surface area (Å²) in [5.74, 6) is -1.44. The number of ketones is 1. The number of aromatic nitrogens is 1. The second kappa shape index (κ2) is 8.80. The lowest BCUT2D eigenvalue weighted by Crippen LogP contribution is -2.29. The molecule has 8 heteroatoms. The number of amides is 1. The molecule has 1 amide bonds. The van der Waals surface area contributed by atoms with E-state index in [4.69, 9.17) is 27.9 Å². The number of benzene rings is 3. The van der Waals surface area contributed by atoms with E-state index < -0.39 is 17.7 Å². The largest absolute Gasteiger partial charge is 0.507 e. The van der Waals surface area contributed by atoms with E-state index in [1.165, 1.54) is 18.1 Å². The van der Waals surface area contributed by atoms with E-state index in [2.05, 4.69) is 4.98 Å². The van der Waals surface area contributed by atoms with E-state index >= 15 is 0 Å². The van der Waals surface area contributed by atoms with Gasteiger partial charge in [-0.1, -0.05) is 41.4 Å². The molecule has 2 N–H and O–H groups in total. The van der Waals surface area contributed by atoms with Gasteiger partial charge in [-0.3, -0.25) is 14.5 Å². The molecule has 1 unspecified atom stereocenters. The minimum atomic E-state index is -0.881. The number of nitrogens with zero attached hydrogens (tertiary/aromatic N) is 1. The van der Waals surface area contributed by atoms with Gasteiger partial charge in [-0.2, -0.15) is 0 Å². The average molecular weight is 507 g/mol. The lowest BCUT2D eigenvalue weighted by molar-refractivity contribution is -0.132. The van der Waals surface area contributed by atoms with Crippen LogP contribution in [0.15, 0.2) is 72.3 Å². The molecule has 4 aromatic rings. The third kappa shape index (κ3) is 3.75. The third-order valence-corrected chi connectivity index (χ3v) is 6.74. The van der Waals surface area contributed by atoms with Gasteiger partial charge in [0.25, 0.3) is 11.7 Å². The number of aryl methyl sites for hydroxylation is 1. The first-order chi connectivity index (χ1) is 16.8. The van der Waals surface area contributed by atoms with Gasteiger partial charge in [0.15, 0.2) is 0 Å². The number of H-pyrrole nitrogens is 1. The Morgan fingerprint density at radius 3 is 2.43 bits per heavy atom. The van der Waals surface area contributed by atoms with Crippen LogP contribution in [0.1, 0.15) is 22.9 Å². The zero-order valence-corrected chi connectivity index (χ0v) is 20.3. The van der Waals surface area contributed by atoms with Crippen molar-refractivity contribution in [1.29, 1.82) is 0 Å². The number of aromatic amines is 1. The van der Waals surface area contributed by atoms with Gasteiger partial charge in [0.05, 0.1) is 23.7 Å². The maximum Gasteiger partial charge on any atom is 0.300 e. The fraction of sp³-hybridized carbons (Fsp3) is 0.111. The smallest absolute Gasteiger partial charge is 0.300 e. The summed E-state index contributed by atoms with van der Waals surface area (Å²) in [6.07, 6.45) is 0. The highest BCUT2D eigenvalue weighted by molar-refractivity contribution is 6.52. The molecule has 6 nitrogen and oxygen atoms in total. The summed E-state index contributed by atoms with van der Waals surface area (Å²) in [5.41, 5.74) is 3.10. The molecular weight excluding hydrogens is 487 g/mol. The molecule has 0 saturated carbocycles.